The lowest BCUT2D eigenvalue weighted by molar-refractivity contribution is 0.251. The zero-order chi connectivity index (χ0) is 12.1. The van der Waals surface area contributed by atoms with Gasteiger partial charge in [0.15, 0.2) is 5.13 Å². The molecular formula is C11H10BrN3OS. The summed E-state index contributed by atoms with van der Waals surface area (Å²) in [6.07, 6.45) is 1.65. The monoisotopic (exact) mass is 311 g/mol. The van der Waals surface area contributed by atoms with Crippen molar-refractivity contribution in [1.82, 2.24) is 10.3 Å². The first-order valence-corrected chi connectivity index (χ1v) is 6.55. The number of urea groups is 1. The lowest BCUT2D eigenvalue weighted by Crippen LogP contribution is -2.28. The molecule has 0 bridgehead atoms. The van der Waals surface area contributed by atoms with Gasteiger partial charge in [-0.2, -0.15) is 0 Å². The molecule has 1 heterocycles. The highest BCUT2D eigenvalue weighted by Crippen LogP contribution is 2.22. The van der Waals surface area contributed by atoms with Crippen LogP contribution in [0.2, 0.25) is 0 Å². The van der Waals surface area contributed by atoms with Crippen molar-refractivity contribution in [2.45, 2.75) is 6.54 Å². The van der Waals surface area contributed by atoms with Gasteiger partial charge in [0, 0.05) is 6.54 Å². The number of carbonyl (C=O) groups is 1. The third-order valence-corrected chi connectivity index (χ3v) is 3.39. The van der Waals surface area contributed by atoms with Gasteiger partial charge in [-0.1, -0.05) is 41.7 Å². The van der Waals surface area contributed by atoms with Crippen molar-refractivity contribution in [1.29, 1.82) is 0 Å². The van der Waals surface area contributed by atoms with Crippen LogP contribution in [0.4, 0.5) is 9.93 Å². The molecule has 2 N–H and O–H groups in total. The topological polar surface area (TPSA) is 54.0 Å². The number of aromatic nitrogens is 1. The largest absolute Gasteiger partial charge is 0.334 e. The van der Waals surface area contributed by atoms with Crippen molar-refractivity contribution in [2.24, 2.45) is 0 Å². The van der Waals surface area contributed by atoms with Crippen molar-refractivity contribution in [3.63, 3.8) is 0 Å². The average Bonchev–Trinajstić information content (AvgIpc) is 2.73. The van der Waals surface area contributed by atoms with Crippen LogP contribution in [0.25, 0.3) is 0 Å². The molecule has 4 nitrogen and oxygen atoms in total. The van der Waals surface area contributed by atoms with Crippen molar-refractivity contribution in [2.75, 3.05) is 5.32 Å². The molecule has 0 atom stereocenters. The minimum Gasteiger partial charge on any atom is -0.334 e. The number of halogens is 1. The summed E-state index contributed by atoms with van der Waals surface area (Å²) in [4.78, 5) is 15.5. The van der Waals surface area contributed by atoms with Gasteiger partial charge in [-0.25, -0.2) is 9.78 Å². The van der Waals surface area contributed by atoms with Gasteiger partial charge in [0.05, 0.1) is 9.98 Å². The van der Waals surface area contributed by atoms with E-state index in [1.54, 1.807) is 6.20 Å². The van der Waals surface area contributed by atoms with Crippen LogP contribution in [-0.4, -0.2) is 11.0 Å². The highest BCUT2D eigenvalue weighted by atomic mass is 79.9. The van der Waals surface area contributed by atoms with E-state index in [1.165, 1.54) is 11.3 Å². The fourth-order valence-electron chi connectivity index (χ4n) is 1.23. The molecule has 2 amide bonds. The van der Waals surface area contributed by atoms with Crippen molar-refractivity contribution < 1.29 is 4.79 Å². The Kier molecular flexibility index (Phi) is 4.11. The first-order chi connectivity index (χ1) is 8.24. The van der Waals surface area contributed by atoms with Gasteiger partial charge in [0.1, 0.15) is 0 Å². The van der Waals surface area contributed by atoms with Crippen LogP contribution in [-0.2, 0) is 6.54 Å². The summed E-state index contributed by atoms with van der Waals surface area (Å²) in [5.41, 5.74) is 1.06. The maximum absolute atomic E-state index is 11.5. The smallest absolute Gasteiger partial charge is 0.321 e. The molecule has 0 unspecified atom stereocenters. The summed E-state index contributed by atoms with van der Waals surface area (Å²) in [6.45, 7) is 0.499. The summed E-state index contributed by atoms with van der Waals surface area (Å²) in [7, 11) is 0. The van der Waals surface area contributed by atoms with E-state index in [2.05, 4.69) is 31.5 Å². The SMILES string of the molecule is O=C(NCc1ccccc1)Nc1ncc(Br)s1. The predicted molar refractivity (Wildman–Crippen MR) is 72.1 cm³/mol. The molecule has 2 aromatic rings. The van der Waals surface area contributed by atoms with Crippen molar-refractivity contribution in [3.05, 3.63) is 45.9 Å². The number of rotatable bonds is 3. The number of nitrogens with one attached hydrogen (secondary N) is 2. The zero-order valence-electron chi connectivity index (χ0n) is 8.81. The van der Waals surface area contributed by atoms with E-state index in [0.29, 0.717) is 11.7 Å². The second kappa shape index (κ2) is 5.79. The number of hydrogen-bond donors (Lipinski definition) is 2. The minimum absolute atomic E-state index is 0.254. The van der Waals surface area contributed by atoms with Crippen LogP contribution >= 0.6 is 27.3 Å². The van der Waals surface area contributed by atoms with Crippen LogP contribution in [0, 0.1) is 0 Å². The minimum atomic E-state index is -0.254. The Hall–Kier alpha value is -1.40. The van der Waals surface area contributed by atoms with Crippen LogP contribution in [0.3, 0.4) is 0 Å². The fraction of sp³-hybridized carbons (Fsp3) is 0.0909. The molecule has 0 saturated heterocycles. The molecular weight excluding hydrogens is 302 g/mol. The molecule has 0 spiro atoms. The molecule has 1 aromatic carbocycles. The number of carbonyl (C=O) groups excluding carboxylic acids is 1. The van der Waals surface area contributed by atoms with Gasteiger partial charge in [-0.05, 0) is 21.5 Å². The molecule has 0 aliphatic heterocycles. The van der Waals surface area contributed by atoms with Gasteiger partial charge >= 0.3 is 6.03 Å². The van der Waals surface area contributed by atoms with Gasteiger partial charge in [-0.15, -0.1) is 0 Å². The molecule has 88 valence electrons. The summed E-state index contributed by atoms with van der Waals surface area (Å²) in [5.74, 6) is 0. The molecule has 0 aliphatic carbocycles. The molecule has 0 fully saturated rings. The highest BCUT2D eigenvalue weighted by Gasteiger charge is 2.04. The summed E-state index contributed by atoms with van der Waals surface area (Å²) < 4.78 is 0.885. The van der Waals surface area contributed by atoms with E-state index in [0.717, 1.165) is 9.35 Å². The van der Waals surface area contributed by atoms with Gasteiger partial charge in [0.2, 0.25) is 0 Å². The van der Waals surface area contributed by atoms with E-state index in [1.807, 2.05) is 30.3 Å². The third-order valence-electron chi connectivity index (χ3n) is 1.99. The Bertz CT molecular complexity index is 500. The maximum atomic E-state index is 11.5. The number of thiazole rings is 1. The van der Waals surface area contributed by atoms with Crippen LogP contribution in [0.15, 0.2) is 40.3 Å². The van der Waals surface area contributed by atoms with Gasteiger partial charge in [-0.3, -0.25) is 5.32 Å². The third kappa shape index (κ3) is 3.83. The molecule has 17 heavy (non-hydrogen) atoms. The molecule has 0 saturated carbocycles. The Morgan fingerprint density at radius 1 is 1.35 bits per heavy atom. The van der Waals surface area contributed by atoms with Gasteiger partial charge in [0.25, 0.3) is 0 Å². The standard InChI is InChI=1S/C11H10BrN3OS/c12-9-7-14-11(17-9)15-10(16)13-6-8-4-2-1-3-5-8/h1-5,7H,6H2,(H2,13,14,15,16). The van der Waals surface area contributed by atoms with E-state index in [4.69, 9.17) is 0 Å². The number of nitrogens with zero attached hydrogens (tertiary/aromatic N) is 1. The number of anilines is 1. The second-order valence-corrected chi connectivity index (χ2v) is 5.67. The molecule has 1 aromatic heterocycles. The highest BCUT2D eigenvalue weighted by molar-refractivity contribution is 9.11. The summed E-state index contributed by atoms with van der Waals surface area (Å²) in [6, 6.07) is 9.48. The van der Waals surface area contributed by atoms with E-state index < -0.39 is 0 Å². The Morgan fingerprint density at radius 2 is 2.12 bits per heavy atom. The number of hydrogen-bond acceptors (Lipinski definition) is 3. The maximum Gasteiger partial charge on any atom is 0.321 e. The van der Waals surface area contributed by atoms with Crippen molar-refractivity contribution >= 4 is 38.4 Å². The summed E-state index contributed by atoms with van der Waals surface area (Å²) >= 11 is 4.65. The van der Waals surface area contributed by atoms with E-state index in [9.17, 15) is 4.79 Å². The second-order valence-electron chi connectivity index (χ2n) is 3.26. The summed E-state index contributed by atoms with van der Waals surface area (Å²) in [5, 5.41) is 5.99. The molecule has 0 radical (unpaired) electrons. The van der Waals surface area contributed by atoms with Crippen LogP contribution in [0.1, 0.15) is 5.56 Å². The molecule has 6 heteroatoms. The number of benzene rings is 1. The fourth-order valence-corrected chi connectivity index (χ4v) is 2.33. The Balaban J connectivity index is 1.82. The quantitative estimate of drug-likeness (QED) is 0.914. The molecule has 0 aliphatic rings. The Morgan fingerprint density at radius 3 is 2.76 bits per heavy atom. The first-order valence-electron chi connectivity index (χ1n) is 4.94. The predicted octanol–water partition coefficient (Wildman–Crippen LogP) is 3.23. The average molecular weight is 312 g/mol. The van der Waals surface area contributed by atoms with Crippen LogP contribution < -0.4 is 10.6 Å². The lowest BCUT2D eigenvalue weighted by atomic mass is 10.2. The van der Waals surface area contributed by atoms with E-state index in [-0.39, 0.29) is 6.03 Å². The normalized spacial score (nSPS) is 9.94. The lowest BCUT2D eigenvalue weighted by Gasteiger charge is -2.04. The van der Waals surface area contributed by atoms with Crippen molar-refractivity contribution in [3.8, 4) is 0 Å². The first kappa shape index (κ1) is 12.1. The molecule has 2 rings (SSSR count). The van der Waals surface area contributed by atoms with E-state index >= 15 is 0 Å². The Labute approximate surface area is 111 Å². The number of amides is 2. The zero-order valence-corrected chi connectivity index (χ0v) is 11.2. The van der Waals surface area contributed by atoms with Gasteiger partial charge < -0.3 is 5.32 Å². The van der Waals surface area contributed by atoms with Crippen LogP contribution in [0.5, 0.6) is 0 Å².